The fraction of sp³-hybridized carbons (Fsp3) is 1.00. The van der Waals surface area contributed by atoms with Crippen molar-refractivity contribution in [1.29, 1.82) is 0 Å². The van der Waals surface area contributed by atoms with Crippen molar-refractivity contribution >= 4 is 0 Å². The Hall–Kier alpha value is -0.160. The quantitative estimate of drug-likeness (QED) is 0.711. The Kier molecular flexibility index (Phi) is 7.14. The van der Waals surface area contributed by atoms with E-state index in [9.17, 15) is 0 Å². The summed E-state index contributed by atoms with van der Waals surface area (Å²) in [6.07, 6.45) is 6.63. The fourth-order valence-electron chi connectivity index (χ4n) is 3.14. The van der Waals surface area contributed by atoms with E-state index in [-0.39, 0.29) is 0 Å². The van der Waals surface area contributed by atoms with Gasteiger partial charge in [-0.2, -0.15) is 0 Å². The Labute approximate surface area is 117 Å². The van der Waals surface area contributed by atoms with Gasteiger partial charge in [0.2, 0.25) is 0 Å². The molecule has 0 aromatic heterocycles. The van der Waals surface area contributed by atoms with Crippen molar-refractivity contribution in [2.75, 3.05) is 53.0 Å². The summed E-state index contributed by atoms with van der Waals surface area (Å²) in [6, 6.07) is 0. The minimum absolute atomic E-state index is 0.487. The molecule has 19 heavy (non-hydrogen) atoms. The van der Waals surface area contributed by atoms with E-state index in [1.165, 1.54) is 58.4 Å². The Morgan fingerprint density at radius 1 is 1.05 bits per heavy atom. The first-order valence-electron chi connectivity index (χ1n) is 7.92. The van der Waals surface area contributed by atoms with Crippen LogP contribution in [0.4, 0.5) is 0 Å². The summed E-state index contributed by atoms with van der Waals surface area (Å²) in [7, 11) is 1.75. The second kappa shape index (κ2) is 8.90. The zero-order valence-corrected chi connectivity index (χ0v) is 12.4. The molecule has 2 saturated heterocycles. The fourth-order valence-corrected chi connectivity index (χ4v) is 3.14. The lowest BCUT2D eigenvalue weighted by Gasteiger charge is -2.35. The summed E-state index contributed by atoms with van der Waals surface area (Å²) in [6.45, 7) is 7.84. The first-order valence-corrected chi connectivity index (χ1v) is 7.92. The van der Waals surface area contributed by atoms with E-state index < -0.39 is 0 Å². The molecule has 4 heteroatoms. The summed E-state index contributed by atoms with van der Waals surface area (Å²) in [5, 5.41) is 3.44. The molecule has 112 valence electrons. The molecule has 0 aromatic rings. The van der Waals surface area contributed by atoms with Crippen LogP contribution < -0.4 is 5.32 Å². The van der Waals surface area contributed by atoms with Crippen LogP contribution in [0.3, 0.4) is 0 Å². The lowest BCUT2D eigenvalue weighted by Crippen LogP contribution is -2.42. The highest BCUT2D eigenvalue weighted by Crippen LogP contribution is 2.18. The van der Waals surface area contributed by atoms with Crippen LogP contribution in [-0.2, 0) is 9.47 Å². The maximum absolute atomic E-state index is 5.91. The van der Waals surface area contributed by atoms with Gasteiger partial charge in [0, 0.05) is 40.0 Å². The number of likely N-dealkylation sites (tertiary alicyclic amines) is 1. The van der Waals surface area contributed by atoms with Gasteiger partial charge in [0.05, 0.1) is 6.10 Å². The SMILES string of the molecule is COCCCOC1CCN(CC2CCNCC2)CC1. The lowest BCUT2D eigenvalue weighted by atomic mass is 9.96. The number of hydrogen-bond acceptors (Lipinski definition) is 4. The van der Waals surface area contributed by atoms with Crippen LogP contribution >= 0.6 is 0 Å². The normalized spacial score (nSPS) is 23.8. The van der Waals surface area contributed by atoms with Crippen LogP contribution in [-0.4, -0.2) is 64.1 Å². The van der Waals surface area contributed by atoms with Gasteiger partial charge in [-0.25, -0.2) is 0 Å². The topological polar surface area (TPSA) is 33.7 Å². The number of nitrogens with zero attached hydrogens (tertiary/aromatic N) is 1. The van der Waals surface area contributed by atoms with Crippen molar-refractivity contribution in [1.82, 2.24) is 10.2 Å². The van der Waals surface area contributed by atoms with Crippen LogP contribution in [0.5, 0.6) is 0 Å². The second-order valence-corrected chi connectivity index (χ2v) is 5.91. The van der Waals surface area contributed by atoms with Gasteiger partial charge in [0.25, 0.3) is 0 Å². The molecule has 4 nitrogen and oxygen atoms in total. The molecular formula is C15H30N2O2. The van der Waals surface area contributed by atoms with Gasteiger partial charge in [-0.1, -0.05) is 0 Å². The van der Waals surface area contributed by atoms with E-state index in [0.29, 0.717) is 6.10 Å². The number of nitrogens with one attached hydrogen (secondary N) is 1. The molecular weight excluding hydrogens is 240 g/mol. The van der Waals surface area contributed by atoms with Gasteiger partial charge in [0.15, 0.2) is 0 Å². The number of hydrogen-bond donors (Lipinski definition) is 1. The van der Waals surface area contributed by atoms with E-state index in [1.54, 1.807) is 7.11 Å². The molecule has 0 spiro atoms. The van der Waals surface area contributed by atoms with Crippen molar-refractivity contribution in [2.45, 2.75) is 38.2 Å². The Morgan fingerprint density at radius 3 is 2.47 bits per heavy atom. The minimum Gasteiger partial charge on any atom is -0.385 e. The van der Waals surface area contributed by atoms with E-state index in [0.717, 1.165) is 25.6 Å². The third-order valence-corrected chi connectivity index (χ3v) is 4.36. The standard InChI is InChI=1S/C15H30N2O2/c1-18-11-2-12-19-15-5-9-17(10-6-15)13-14-3-7-16-8-4-14/h14-16H,2-13H2,1H3. The molecule has 1 N–H and O–H groups in total. The van der Waals surface area contributed by atoms with Gasteiger partial charge in [-0.15, -0.1) is 0 Å². The van der Waals surface area contributed by atoms with Gasteiger partial charge < -0.3 is 19.7 Å². The molecule has 2 aliphatic rings. The zero-order valence-electron chi connectivity index (χ0n) is 12.4. The summed E-state index contributed by atoms with van der Waals surface area (Å²) in [5.41, 5.74) is 0. The van der Waals surface area contributed by atoms with Crippen molar-refractivity contribution in [3.8, 4) is 0 Å². The lowest BCUT2D eigenvalue weighted by molar-refractivity contribution is -0.00318. The zero-order chi connectivity index (χ0) is 13.3. The highest BCUT2D eigenvalue weighted by Gasteiger charge is 2.22. The van der Waals surface area contributed by atoms with Crippen LogP contribution in [0.2, 0.25) is 0 Å². The summed E-state index contributed by atoms with van der Waals surface area (Å²) >= 11 is 0. The smallest absolute Gasteiger partial charge is 0.0599 e. The van der Waals surface area contributed by atoms with E-state index in [2.05, 4.69) is 10.2 Å². The maximum atomic E-state index is 5.91. The Morgan fingerprint density at radius 2 is 1.79 bits per heavy atom. The molecule has 0 bridgehead atoms. The third-order valence-electron chi connectivity index (χ3n) is 4.36. The van der Waals surface area contributed by atoms with Crippen molar-refractivity contribution in [3.05, 3.63) is 0 Å². The van der Waals surface area contributed by atoms with Gasteiger partial charge >= 0.3 is 0 Å². The largest absolute Gasteiger partial charge is 0.385 e. The first kappa shape index (κ1) is 15.2. The summed E-state index contributed by atoms with van der Waals surface area (Å²) < 4.78 is 10.9. The minimum atomic E-state index is 0.487. The predicted molar refractivity (Wildman–Crippen MR) is 77.5 cm³/mol. The predicted octanol–water partition coefficient (Wildman–Crippen LogP) is 1.50. The third kappa shape index (κ3) is 5.78. The highest BCUT2D eigenvalue weighted by molar-refractivity contribution is 4.77. The Balaban J connectivity index is 1.54. The van der Waals surface area contributed by atoms with Crippen molar-refractivity contribution < 1.29 is 9.47 Å². The molecule has 0 atom stereocenters. The molecule has 2 rings (SSSR count). The van der Waals surface area contributed by atoms with Gasteiger partial charge in [0.1, 0.15) is 0 Å². The number of ether oxygens (including phenoxy) is 2. The van der Waals surface area contributed by atoms with Crippen LogP contribution in [0.15, 0.2) is 0 Å². The molecule has 0 radical (unpaired) electrons. The summed E-state index contributed by atoms with van der Waals surface area (Å²) in [5.74, 6) is 0.917. The van der Waals surface area contributed by atoms with E-state index in [1.807, 2.05) is 0 Å². The summed E-state index contributed by atoms with van der Waals surface area (Å²) in [4.78, 5) is 2.64. The molecule has 0 aromatic carbocycles. The number of rotatable bonds is 7. The monoisotopic (exact) mass is 270 g/mol. The van der Waals surface area contributed by atoms with Gasteiger partial charge in [-0.3, -0.25) is 0 Å². The number of piperidine rings is 2. The van der Waals surface area contributed by atoms with Crippen LogP contribution in [0.1, 0.15) is 32.1 Å². The highest BCUT2D eigenvalue weighted by atomic mass is 16.5. The Bertz CT molecular complexity index is 224. The van der Waals surface area contributed by atoms with Crippen molar-refractivity contribution in [2.24, 2.45) is 5.92 Å². The molecule has 0 aliphatic carbocycles. The first-order chi connectivity index (χ1) is 9.38. The van der Waals surface area contributed by atoms with Crippen LogP contribution in [0.25, 0.3) is 0 Å². The number of methoxy groups -OCH3 is 1. The maximum Gasteiger partial charge on any atom is 0.0599 e. The van der Waals surface area contributed by atoms with Crippen molar-refractivity contribution in [3.63, 3.8) is 0 Å². The molecule has 2 heterocycles. The average Bonchev–Trinajstić information content (AvgIpc) is 2.46. The van der Waals surface area contributed by atoms with E-state index >= 15 is 0 Å². The molecule has 0 saturated carbocycles. The van der Waals surface area contributed by atoms with Gasteiger partial charge in [-0.05, 0) is 51.1 Å². The van der Waals surface area contributed by atoms with Crippen LogP contribution in [0, 0.1) is 5.92 Å². The second-order valence-electron chi connectivity index (χ2n) is 5.91. The molecule has 0 amide bonds. The average molecular weight is 270 g/mol. The molecule has 2 aliphatic heterocycles. The van der Waals surface area contributed by atoms with E-state index in [4.69, 9.17) is 9.47 Å². The molecule has 0 unspecified atom stereocenters. The molecule has 2 fully saturated rings.